The predicted octanol–water partition coefficient (Wildman–Crippen LogP) is 2.59. The molecule has 0 N–H and O–H groups in total. The largest absolute Gasteiger partial charge is 0.482 e. The highest BCUT2D eigenvalue weighted by Gasteiger charge is 2.16. The van der Waals surface area contributed by atoms with Gasteiger partial charge in [-0.05, 0) is 26.0 Å². The van der Waals surface area contributed by atoms with E-state index in [2.05, 4.69) is 5.10 Å². The third-order valence-electron chi connectivity index (χ3n) is 3.32. The Morgan fingerprint density at radius 1 is 1.33 bits per heavy atom. The number of benzene rings is 1. The Kier molecular flexibility index (Phi) is 6.28. The first-order chi connectivity index (χ1) is 11.5. The number of amides is 1. The third-order valence-corrected chi connectivity index (χ3v) is 4.12. The molecule has 2 rings (SSSR count). The van der Waals surface area contributed by atoms with Crippen LogP contribution < -0.4 is 10.5 Å². The van der Waals surface area contributed by atoms with Crippen molar-refractivity contribution in [3.8, 4) is 5.75 Å². The lowest BCUT2D eigenvalue weighted by molar-refractivity contribution is -0.131. The van der Waals surface area contributed by atoms with Crippen molar-refractivity contribution in [3.63, 3.8) is 0 Å². The minimum Gasteiger partial charge on any atom is -0.482 e. The number of hydrogen-bond donors (Lipinski definition) is 0. The average Bonchev–Trinajstić information content (AvgIpc) is 2.90. The lowest BCUT2D eigenvalue weighted by atomic mass is 10.3. The summed E-state index contributed by atoms with van der Waals surface area (Å²) in [6.45, 7) is 4.56. The second-order valence-corrected chi connectivity index (χ2v) is 5.61. The Morgan fingerprint density at radius 3 is 2.71 bits per heavy atom. The predicted molar refractivity (Wildman–Crippen MR) is 89.5 cm³/mol. The van der Waals surface area contributed by atoms with Gasteiger partial charge in [0, 0.05) is 13.1 Å². The molecule has 0 spiro atoms. The molecule has 7 nitrogen and oxygen atoms in total. The third kappa shape index (κ3) is 4.30. The summed E-state index contributed by atoms with van der Waals surface area (Å²) >= 11 is 11.9. The van der Waals surface area contributed by atoms with Crippen LogP contribution in [0.3, 0.4) is 0 Å². The molecule has 0 radical (unpaired) electrons. The van der Waals surface area contributed by atoms with Gasteiger partial charge in [0.05, 0.1) is 5.02 Å². The van der Waals surface area contributed by atoms with E-state index >= 15 is 0 Å². The van der Waals surface area contributed by atoms with Crippen molar-refractivity contribution in [1.29, 1.82) is 0 Å². The van der Waals surface area contributed by atoms with Gasteiger partial charge in [0.15, 0.2) is 6.61 Å². The molecular formula is C15H17Cl2N3O4. The van der Waals surface area contributed by atoms with Crippen LogP contribution in [0, 0.1) is 0 Å². The monoisotopic (exact) mass is 373 g/mol. The molecule has 0 unspecified atom stereocenters. The molecular weight excluding hydrogens is 357 g/mol. The Hall–Kier alpha value is -1.99. The van der Waals surface area contributed by atoms with Crippen LogP contribution in [0.4, 0.5) is 0 Å². The number of carbonyl (C=O) groups is 1. The average molecular weight is 374 g/mol. The Bertz CT molecular complexity index is 768. The number of ether oxygens (including phenoxy) is 1. The summed E-state index contributed by atoms with van der Waals surface area (Å²) in [5, 5.41) is 4.57. The SMILES string of the molecule is CCN(CC)C(=O)Cn1nc(COc2cccc(Cl)c2Cl)oc1=O. The molecule has 2 aromatic rings. The molecule has 9 heteroatoms. The summed E-state index contributed by atoms with van der Waals surface area (Å²) in [7, 11) is 0. The number of nitrogens with zero attached hydrogens (tertiary/aromatic N) is 3. The first kappa shape index (κ1) is 18.4. The maximum Gasteiger partial charge on any atom is 0.437 e. The Morgan fingerprint density at radius 2 is 2.04 bits per heavy atom. The van der Waals surface area contributed by atoms with Gasteiger partial charge in [-0.15, -0.1) is 5.10 Å². The van der Waals surface area contributed by atoms with Gasteiger partial charge in [-0.3, -0.25) is 4.79 Å². The highest BCUT2D eigenvalue weighted by atomic mass is 35.5. The first-order valence-electron chi connectivity index (χ1n) is 7.37. The van der Waals surface area contributed by atoms with Gasteiger partial charge in [-0.25, -0.2) is 4.79 Å². The van der Waals surface area contributed by atoms with Gasteiger partial charge >= 0.3 is 5.76 Å². The van der Waals surface area contributed by atoms with Gasteiger partial charge in [0.1, 0.15) is 17.3 Å². The number of halogens is 2. The van der Waals surface area contributed by atoms with Gasteiger partial charge < -0.3 is 14.1 Å². The van der Waals surface area contributed by atoms with Crippen molar-refractivity contribution >= 4 is 29.1 Å². The zero-order valence-electron chi connectivity index (χ0n) is 13.3. The zero-order valence-corrected chi connectivity index (χ0v) is 14.8. The van der Waals surface area contributed by atoms with Gasteiger partial charge in [0.25, 0.3) is 5.89 Å². The van der Waals surface area contributed by atoms with E-state index in [4.69, 9.17) is 32.4 Å². The number of rotatable bonds is 7. The van der Waals surface area contributed by atoms with Crippen molar-refractivity contribution in [1.82, 2.24) is 14.7 Å². The van der Waals surface area contributed by atoms with Crippen molar-refractivity contribution < 1.29 is 13.9 Å². The molecule has 1 aromatic heterocycles. The number of carbonyl (C=O) groups excluding carboxylic acids is 1. The second kappa shape index (κ2) is 8.21. The van der Waals surface area contributed by atoms with Gasteiger partial charge in [-0.2, -0.15) is 4.68 Å². The van der Waals surface area contributed by atoms with Gasteiger partial charge in [-0.1, -0.05) is 29.3 Å². The normalized spacial score (nSPS) is 10.7. The Labute approximate surface area is 148 Å². The topological polar surface area (TPSA) is 77.6 Å². The van der Waals surface area contributed by atoms with Crippen molar-refractivity contribution in [2.45, 2.75) is 27.0 Å². The van der Waals surface area contributed by atoms with E-state index in [-0.39, 0.29) is 30.0 Å². The molecule has 0 bridgehead atoms. The smallest absolute Gasteiger partial charge is 0.437 e. The van der Waals surface area contributed by atoms with Crippen LogP contribution in [-0.4, -0.2) is 33.7 Å². The van der Waals surface area contributed by atoms with E-state index in [0.29, 0.717) is 23.9 Å². The van der Waals surface area contributed by atoms with Crippen LogP contribution >= 0.6 is 23.2 Å². The van der Waals surface area contributed by atoms with Crippen LogP contribution in [0.5, 0.6) is 5.75 Å². The van der Waals surface area contributed by atoms with Gasteiger partial charge in [0.2, 0.25) is 5.91 Å². The quantitative estimate of drug-likeness (QED) is 0.745. The van der Waals surface area contributed by atoms with Crippen molar-refractivity contribution in [2.24, 2.45) is 0 Å². The lowest BCUT2D eigenvalue weighted by Crippen LogP contribution is -2.35. The molecule has 1 heterocycles. The molecule has 0 fully saturated rings. The molecule has 0 aliphatic heterocycles. The van der Waals surface area contributed by atoms with Crippen LogP contribution in [0.2, 0.25) is 10.0 Å². The highest BCUT2D eigenvalue weighted by Crippen LogP contribution is 2.31. The van der Waals surface area contributed by atoms with E-state index < -0.39 is 5.76 Å². The van der Waals surface area contributed by atoms with Crippen LogP contribution in [0.25, 0.3) is 0 Å². The van der Waals surface area contributed by atoms with Crippen LogP contribution in [-0.2, 0) is 17.9 Å². The molecule has 0 aliphatic carbocycles. The molecule has 1 amide bonds. The van der Waals surface area contributed by atoms with E-state index in [1.54, 1.807) is 23.1 Å². The molecule has 0 atom stereocenters. The molecule has 0 saturated heterocycles. The fourth-order valence-electron chi connectivity index (χ4n) is 2.05. The number of likely N-dealkylation sites (N-methyl/N-ethyl adjacent to an activating group) is 1. The summed E-state index contributed by atoms with van der Waals surface area (Å²) in [5.41, 5.74) is 0. The summed E-state index contributed by atoms with van der Waals surface area (Å²) in [6, 6.07) is 4.94. The first-order valence-corrected chi connectivity index (χ1v) is 8.13. The molecule has 130 valence electrons. The molecule has 1 aromatic carbocycles. The fourth-order valence-corrected chi connectivity index (χ4v) is 2.39. The highest BCUT2D eigenvalue weighted by molar-refractivity contribution is 6.42. The number of aromatic nitrogens is 2. The minimum absolute atomic E-state index is 0.0448. The minimum atomic E-state index is -0.716. The van der Waals surface area contributed by atoms with E-state index in [1.807, 2.05) is 13.8 Å². The maximum absolute atomic E-state index is 12.0. The molecule has 0 aliphatic rings. The lowest BCUT2D eigenvalue weighted by Gasteiger charge is -2.17. The summed E-state index contributed by atoms with van der Waals surface area (Å²) in [4.78, 5) is 25.4. The van der Waals surface area contributed by atoms with E-state index in [0.717, 1.165) is 4.68 Å². The second-order valence-electron chi connectivity index (χ2n) is 4.83. The van der Waals surface area contributed by atoms with E-state index in [9.17, 15) is 9.59 Å². The molecule has 0 saturated carbocycles. The Balaban J connectivity index is 2.05. The maximum atomic E-state index is 12.0. The van der Waals surface area contributed by atoms with Crippen LogP contribution in [0.15, 0.2) is 27.4 Å². The van der Waals surface area contributed by atoms with E-state index in [1.165, 1.54) is 0 Å². The van der Waals surface area contributed by atoms with Crippen molar-refractivity contribution in [2.75, 3.05) is 13.1 Å². The van der Waals surface area contributed by atoms with Crippen LogP contribution in [0.1, 0.15) is 19.7 Å². The number of hydrogen-bond acceptors (Lipinski definition) is 5. The fraction of sp³-hybridized carbons (Fsp3) is 0.400. The summed E-state index contributed by atoms with van der Waals surface area (Å²) in [5.74, 6) is -0.531. The standard InChI is InChI=1S/C15H17Cl2N3O4/c1-3-19(4-2)13(21)8-20-15(22)24-12(18-20)9-23-11-7-5-6-10(16)14(11)17/h5-7H,3-4,8-9H2,1-2H3. The molecule has 24 heavy (non-hydrogen) atoms. The summed E-state index contributed by atoms with van der Waals surface area (Å²) in [6.07, 6.45) is 0. The van der Waals surface area contributed by atoms with Crippen molar-refractivity contribution in [3.05, 3.63) is 44.7 Å². The zero-order chi connectivity index (χ0) is 17.7. The summed E-state index contributed by atoms with van der Waals surface area (Å²) < 4.78 is 11.4.